The molecule has 0 saturated carbocycles. The highest BCUT2D eigenvalue weighted by Crippen LogP contribution is 2.29. The number of alkyl halides is 3. The summed E-state index contributed by atoms with van der Waals surface area (Å²) in [5.41, 5.74) is -0.109. The Kier molecular flexibility index (Phi) is 6.04. The Bertz CT molecular complexity index is 571. The first-order valence-electron chi connectivity index (χ1n) is 8.12. The maximum absolute atomic E-state index is 12.5. The maximum atomic E-state index is 12.5. The quantitative estimate of drug-likeness (QED) is 0.783. The van der Waals surface area contributed by atoms with Crippen molar-refractivity contribution < 1.29 is 18.0 Å². The van der Waals surface area contributed by atoms with Gasteiger partial charge in [0.2, 0.25) is 5.91 Å². The van der Waals surface area contributed by atoms with Gasteiger partial charge >= 0.3 is 6.18 Å². The van der Waals surface area contributed by atoms with Crippen LogP contribution in [0.15, 0.2) is 30.3 Å². The fraction of sp³-hybridized carbons (Fsp3) is 0.500. The summed E-state index contributed by atoms with van der Waals surface area (Å²) in [5, 5.41) is 0. The van der Waals surface area contributed by atoms with Gasteiger partial charge in [0.25, 0.3) is 0 Å². The van der Waals surface area contributed by atoms with Crippen LogP contribution in [0.2, 0.25) is 0 Å². The molecule has 0 aliphatic carbocycles. The van der Waals surface area contributed by atoms with Crippen molar-refractivity contribution in [3.05, 3.63) is 41.5 Å². The van der Waals surface area contributed by atoms with Crippen LogP contribution in [0.4, 0.5) is 13.2 Å². The first-order chi connectivity index (χ1) is 11.3. The number of carbonyl (C=O) groups excluding carboxylic acids is 1. The number of rotatable bonds is 4. The molecule has 2 rings (SSSR count). The van der Waals surface area contributed by atoms with Crippen LogP contribution in [-0.2, 0) is 11.0 Å². The van der Waals surface area contributed by atoms with Crippen LogP contribution >= 0.6 is 0 Å². The van der Waals surface area contributed by atoms with Gasteiger partial charge in [-0.3, -0.25) is 9.69 Å². The zero-order chi connectivity index (χ0) is 17.7. The third kappa shape index (κ3) is 5.37. The Labute approximate surface area is 140 Å². The van der Waals surface area contributed by atoms with Gasteiger partial charge in [0.1, 0.15) is 0 Å². The number of piperazine rings is 1. The van der Waals surface area contributed by atoms with E-state index in [2.05, 4.69) is 18.7 Å². The largest absolute Gasteiger partial charge is 0.416 e. The summed E-state index contributed by atoms with van der Waals surface area (Å²) < 4.78 is 37.5. The van der Waals surface area contributed by atoms with Gasteiger partial charge in [-0.25, -0.2) is 0 Å². The molecular weight excluding hydrogens is 317 g/mol. The predicted molar refractivity (Wildman–Crippen MR) is 88.3 cm³/mol. The van der Waals surface area contributed by atoms with E-state index in [9.17, 15) is 18.0 Å². The van der Waals surface area contributed by atoms with E-state index in [0.717, 1.165) is 31.8 Å². The number of benzene rings is 1. The van der Waals surface area contributed by atoms with Crippen molar-refractivity contribution >= 4 is 12.0 Å². The Morgan fingerprint density at radius 3 is 2.21 bits per heavy atom. The smallest absolute Gasteiger partial charge is 0.337 e. The number of carbonyl (C=O) groups is 1. The summed E-state index contributed by atoms with van der Waals surface area (Å²) in [5.74, 6) is 0.505. The number of nitrogens with zero attached hydrogens (tertiary/aromatic N) is 2. The van der Waals surface area contributed by atoms with Gasteiger partial charge in [-0.1, -0.05) is 26.0 Å². The van der Waals surface area contributed by atoms with E-state index in [1.54, 1.807) is 11.0 Å². The molecule has 6 heteroatoms. The summed E-state index contributed by atoms with van der Waals surface area (Å²) >= 11 is 0. The molecule has 0 radical (unpaired) electrons. The Morgan fingerprint density at radius 2 is 1.71 bits per heavy atom. The second kappa shape index (κ2) is 7.83. The third-order valence-corrected chi connectivity index (χ3v) is 3.96. The molecular formula is C18H23F3N2O. The van der Waals surface area contributed by atoms with E-state index >= 15 is 0 Å². The van der Waals surface area contributed by atoms with Crippen molar-refractivity contribution in [1.29, 1.82) is 0 Å². The number of amides is 1. The molecule has 0 bridgehead atoms. The predicted octanol–water partition coefficient (Wildman–Crippen LogP) is 3.52. The summed E-state index contributed by atoms with van der Waals surface area (Å²) in [6.45, 7) is 8.46. The minimum Gasteiger partial charge on any atom is -0.337 e. The number of halogens is 3. The highest BCUT2D eigenvalue weighted by molar-refractivity contribution is 5.91. The van der Waals surface area contributed by atoms with Crippen molar-refractivity contribution in [2.24, 2.45) is 5.92 Å². The van der Waals surface area contributed by atoms with Crippen molar-refractivity contribution in [2.45, 2.75) is 20.0 Å². The number of hydrogen-bond donors (Lipinski definition) is 0. The van der Waals surface area contributed by atoms with E-state index in [0.29, 0.717) is 24.6 Å². The molecule has 0 atom stereocenters. The molecule has 24 heavy (non-hydrogen) atoms. The monoisotopic (exact) mass is 340 g/mol. The fourth-order valence-corrected chi connectivity index (χ4v) is 2.72. The van der Waals surface area contributed by atoms with Gasteiger partial charge in [-0.2, -0.15) is 13.2 Å². The van der Waals surface area contributed by atoms with Crippen LogP contribution in [-0.4, -0.2) is 48.4 Å². The Hall–Kier alpha value is -1.82. The summed E-state index contributed by atoms with van der Waals surface area (Å²) in [4.78, 5) is 16.3. The zero-order valence-electron chi connectivity index (χ0n) is 14.0. The van der Waals surface area contributed by atoms with E-state index in [4.69, 9.17) is 0 Å². The van der Waals surface area contributed by atoms with Gasteiger partial charge in [-0.05, 0) is 29.7 Å². The molecule has 132 valence electrons. The van der Waals surface area contributed by atoms with Crippen LogP contribution in [0, 0.1) is 5.92 Å². The van der Waals surface area contributed by atoms with Crippen LogP contribution < -0.4 is 0 Å². The summed E-state index contributed by atoms with van der Waals surface area (Å²) in [6, 6.07) is 4.78. The van der Waals surface area contributed by atoms with Gasteiger partial charge in [0.15, 0.2) is 0 Å². The first kappa shape index (κ1) is 18.5. The molecule has 0 unspecified atom stereocenters. The van der Waals surface area contributed by atoms with E-state index in [-0.39, 0.29) is 5.91 Å². The normalized spacial score (nSPS) is 17.0. The second-order valence-corrected chi connectivity index (χ2v) is 6.47. The lowest BCUT2D eigenvalue weighted by Crippen LogP contribution is -2.49. The molecule has 1 saturated heterocycles. The van der Waals surface area contributed by atoms with Crippen molar-refractivity contribution in [3.63, 3.8) is 0 Å². The standard InChI is InChI=1S/C18H23F3N2O/c1-14(2)13-22-9-11-23(12-10-22)17(24)8-5-15-3-6-16(7-4-15)18(19,20)21/h3-8,14H,9-13H2,1-2H3/b8-5+. The molecule has 0 spiro atoms. The molecule has 0 aromatic heterocycles. The van der Waals surface area contributed by atoms with Gasteiger partial charge < -0.3 is 4.90 Å². The van der Waals surface area contributed by atoms with Crippen LogP contribution in [0.3, 0.4) is 0 Å². The molecule has 1 heterocycles. The van der Waals surface area contributed by atoms with Gasteiger partial charge in [0, 0.05) is 38.8 Å². The lowest BCUT2D eigenvalue weighted by atomic mass is 10.1. The SMILES string of the molecule is CC(C)CN1CCN(C(=O)/C=C/c2ccc(C(F)(F)F)cc2)CC1. The highest BCUT2D eigenvalue weighted by Gasteiger charge is 2.29. The molecule has 1 aromatic rings. The third-order valence-electron chi connectivity index (χ3n) is 3.96. The van der Waals surface area contributed by atoms with E-state index < -0.39 is 11.7 Å². The van der Waals surface area contributed by atoms with Crippen LogP contribution in [0.1, 0.15) is 25.0 Å². The van der Waals surface area contributed by atoms with E-state index in [1.165, 1.54) is 18.2 Å². The minimum atomic E-state index is -4.34. The van der Waals surface area contributed by atoms with Gasteiger partial charge in [0.05, 0.1) is 5.56 Å². The lowest BCUT2D eigenvalue weighted by molar-refractivity contribution is -0.137. The van der Waals surface area contributed by atoms with Gasteiger partial charge in [-0.15, -0.1) is 0 Å². The molecule has 1 fully saturated rings. The Balaban J connectivity index is 1.87. The second-order valence-electron chi connectivity index (χ2n) is 6.47. The van der Waals surface area contributed by atoms with Crippen molar-refractivity contribution in [3.8, 4) is 0 Å². The van der Waals surface area contributed by atoms with Crippen molar-refractivity contribution in [1.82, 2.24) is 9.80 Å². The first-order valence-corrected chi connectivity index (χ1v) is 8.12. The molecule has 1 aromatic carbocycles. The van der Waals surface area contributed by atoms with E-state index in [1.807, 2.05) is 0 Å². The van der Waals surface area contributed by atoms with Crippen LogP contribution in [0.25, 0.3) is 6.08 Å². The molecule has 1 aliphatic heterocycles. The zero-order valence-corrected chi connectivity index (χ0v) is 14.0. The lowest BCUT2D eigenvalue weighted by Gasteiger charge is -2.35. The van der Waals surface area contributed by atoms with Crippen LogP contribution in [0.5, 0.6) is 0 Å². The minimum absolute atomic E-state index is 0.0981. The topological polar surface area (TPSA) is 23.6 Å². The summed E-state index contributed by atoms with van der Waals surface area (Å²) in [6.07, 6.45) is -1.35. The molecule has 0 N–H and O–H groups in total. The average Bonchev–Trinajstić information content (AvgIpc) is 2.52. The average molecular weight is 340 g/mol. The Morgan fingerprint density at radius 1 is 1.12 bits per heavy atom. The van der Waals surface area contributed by atoms with Crippen molar-refractivity contribution in [2.75, 3.05) is 32.7 Å². The fourth-order valence-electron chi connectivity index (χ4n) is 2.72. The molecule has 1 amide bonds. The number of hydrogen-bond acceptors (Lipinski definition) is 2. The highest BCUT2D eigenvalue weighted by atomic mass is 19.4. The summed E-state index contributed by atoms with van der Waals surface area (Å²) in [7, 11) is 0. The molecule has 3 nitrogen and oxygen atoms in total. The molecule has 1 aliphatic rings. The maximum Gasteiger partial charge on any atom is 0.416 e.